The fraction of sp³-hybridized carbons (Fsp3) is 0.900. The largest absolute Gasteiger partial charge is 0.352 e. The Hall–Kier alpha value is -0.570. The van der Waals surface area contributed by atoms with Crippen LogP contribution >= 0.6 is 0 Å². The lowest BCUT2D eigenvalue weighted by molar-refractivity contribution is -0.129. The predicted octanol–water partition coefficient (Wildman–Crippen LogP) is 1.10. The minimum atomic E-state index is -0.291. The van der Waals surface area contributed by atoms with E-state index in [-0.39, 0.29) is 17.4 Å². The number of likely N-dealkylation sites (N-methyl/N-ethyl adjacent to an activating group) is 1. The molecule has 0 spiro atoms. The van der Waals surface area contributed by atoms with Gasteiger partial charge in [0.15, 0.2) is 0 Å². The Morgan fingerprint density at radius 3 is 2.15 bits per heavy atom. The molecule has 0 aliphatic carbocycles. The van der Waals surface area contributed by atoms with Crippen LogP contribution in [0.25, 0.3) is 0 Å². The number of nitrogens with zero attached hydrogens (tertiary/aromatic N) is 1. The molecule has 0 rings (SSSR count). The molecule has 1 N–H and O–H groups in total. The topological polar surface area (TPSA) is 32.3 Å². The van der Waals surface area contributed by atoms with Gasteiger partial charge < -0.3 is 10.2 Å². The van der Waals surface area contributed by atoms with Gasteiger partial charge in [-0.25, -0.2) is 0 Å². The molecule has 1 unspecified atom stereocenters. The summed E-state index contributed by atoms with van der Waals surface area (Å²) in [6, 6.07) is 0.210. The zero-order chi connectivity index (χ0) is 10.6. The van der Waals surface area contributed by atoms with Gasteiger partial charge in [0, 0.05) is 18.0 Å². The maximum absolute atomic E-state index is 11.5. The minimum Gasteiger partial charge on any atom is -0.352 e. The van der Waals surface area contributed by atoms with Crippen LogP contribution < -0.4 is 5.32 Å². The van der Waals surface area contributed by atoms with Gasteiger partial charge in [-0.2, -0.15) is 0 Å². The normalized spacial score (nSPS) is 14.4. The smallest absolute Gasteiger partial charge is 0.225 e. The van der Waals surface area contributed by atoms with Crippen molar-refractivity contribution in [3.8, 4) is 0 Å². The summed E-state index contributed by atoms with van der Waals surface area (Å²) in [5, 5.41) is 2.97. The lowest BCUT2D eigenvalue weighted by Crippen LogP contribution is -2.44. The van der Waals surface area contributed by atoms with E-state index in [1.165, 1.54) is 0 Å². The number of nitrogens with one attached hydrogen (secondary N) is 1. The van der Waals surface area contributed by atoms with Crippen LogP contribution in [0.15, 0.2) is 0 Å². The summed E-state index contributed by atoms with van der Waals surface area (Å²) in [6.07, 6.45) is 0. The highest BCUT2D eigenvalue weighted by molar-refractivity contribution is 5.81. The van der Waals surface area contributed by atoms with Gasteiger partial charge >= 0.3 is 0 Å². The number of carbonyl (C=O) groups is 1. The lowest BCUT2D eigenvalue weighted by Gasteiger charge is -2.23. The van der Waals surface area contributed by atoms with Gasteiger partial charge in [-0.15, -0.1) is 0 Å². The van der Waals surface area contributed by atoms with Crippen molar-refractivity contribution in [1.29, 1.82) is 0 Å². The summed E-state index contributed by atoms with van der Waals surface area (Å²) in [5.74, 6) is 0.113. The second kappa shape index (κ2) is 4.61. The highest BCUT2D eigenvalue weighted by Crippen LogP contribution is 2.12. The molecule has 0 aromatic carbocycles. The second-order valence-corrected chi connectivity index (χ2v) is 4.89. The Morgan fingerprint density at radius 2 is 1.85 bits per heavy atom. The van der Waals surface area contributed by atoms with Gasteiger partial charge in [-0.1, -0.05) is 20.8 Å². The first kappa shape index (κ1) is 12.4. The van der Waals surface area contributed by atoms with E-state index < -0.39 is 0 Å². The van der Waals surface area contributed by atoms with Gasteiger partial charge in [0.25, 0.3) is 0 Å². The molecule has 0 aliphatic rings. The van der Waals surface area contributed by atoms with Crippen molar-refractivity contribution in [3.63, 3.8) is 0 Å². The first-order valence-electron chi connectivity index (χ1n) is 4.69. The fourth-order valence-electron chi connectivity index (χ4n) is 1.03. The van der Waals surface area contributed by atoms with Crippen LogP contribution in [-0.4, -0.2) is 37.5 Å². The molecule has 0 saturated heterocycles. The van der Waals surface area contributed by atoms with Gasteiger partial charge in [-0.3, -0.25) is 4.79 Å². The van der Waals surface area contributed by atoms with E-state index in [0.29, 0.717) is 0 Å². The van der Waals surface area contributed by atoms with E-state index >= 15 is 0 Å². The van der Waals surface area contributed by atoms with Crippen molar-refractivity contribution in [2.75, 3.05) is 20.6 Å². The van der Waals surface area contributed by atoms with Crippen LogP contribution in [0.2, 0.25) is 0 Å². The monoisotopic (exact) mass is 186 g/mol. The highest BCUT2D eigenvalue weighted by Gasteiger charge is 2.22. The van der Waals surface area contributed by atoms with Crippen molar-refractivity contribution in [1.82, 2.24) is 10.2 Å². The van der Waals surface area contributed by atoms with Gasteiger partial charge in [0.1, 0.15) is 0 Å². The van der Waals surface area contributed by atoms with Crippen LogP contribution in [-0.2, 0) is 4.79 Å². The van der Waals surface area contributed by atoms with Crippen LogP contribution in [0.3, 0.4) is 0 Å². The molecule has 0 heterocycles. The fourth-order valence-corrected chi connectivity index (χ4v) is 1.03. The quantitative estimate of drug-likeness (QED) is 0.716. The number of carbonyl (C=O) groups excluding carboxylic acids is 1. The molecular formula is C10H22N2O. The van der Waals surface area contributed by atoms with Gasteiger partial charge in [-0.05, 0) is 21.0 Å². The number of amides is 1. The Morgan fingerprint density at radius 1 is 1.38 bits per heavy atom. The van der Waals surface area contributed by atoms with E-state index in [1.54, 1.807) is 0 Å². The molecule has 78 valence electrons. The predicted molar refractivity (Wildman–Crippen MR) is 55.6 cm³/mol. The van der Waals surface area contributed by atoms with E-state index in [2.05, 4.69) is 10.2 Å². The third-order valence-corrected chi connectivity index (χ3v) is 1.70. The Balaban J connectivity index is 3.93. The summed E-state index contributed by atoms with van der Waals surface area (Å²) < 4.78 is 0. The van der Waals surface area contributed by atoms with E-state index in [1.807, 2.05) is 41.8 Å². The standard InChI is InChI=1S/C10H22N2O/c1-8(7-12(5)6)11-9(13)10(2,3)4/h8H,7H2,1-6H3,(H,11,13). The Labute approximate surface area is 81.5 Å². The second-order valence-electron chi connectivity index (χ2n) is 4.89. The first-order chi connectivity index (χ1) is 5.73. The van der Waals surface area contributed by atoms with Crippen molar-refractivity contribution in [2.24, 2.45) is 5.41 Å². The number of hydrogen-bond acceptors (Lipinski definition) is 2. The maximum atomic E-state index is 11.5. The third-order valence-electron chi connectivity index (χ3n) is 1.70. The van der Waals surface area contributed by atoms with Crippen molar-refractivity contribution in [3.05, 3.63) is 0 Å². The summed E-state index contributed by atoms with van der Waals surface area (Å²) in [7, 11) is 4.00. The van der Waals surface area contributed by atoms with Gasteiger partial charge in [0.05, 0.1) is 0 Å². The molecule has 1 amide bonds. The average molecular weight is 186 g/mol. The molecule has 0 fully saturated rings. The lowest BCUT2D eigenvalue weighted by atomic mass is 9.95. The van der Waals surface area contributed by atoms with E-state index in [4.69, 9.17) is 0 Å². The van der Waals surface area contributed by atoms with Gasteiger partial charge in [0.2, 0.25) is 5.91 Å². The molecule has 0 radical (unpaired) electrons. The highest BCUT2D eigenvalue weighted by atomic mass is 16.2. The zero-order valence-corrected chi connectivity index (χ0v) is 9.64. The van der Waals surface area contributed by atoms with Crippen molar-refractivity contribution >= 4 is 5.91 Å². The van der Waals surface area contributed by atoms with Crippen molar-refractivity contribution < 1.29 is 4.79 Å². The summed E-state index contributed by atoms with van der Waals surface area (Å²) >= 11 is 0. The third kappa shape index (κ3) is 5.64. The van der Waals surface area contributed by atoms with Crippen molar-refractivity contribution in [2.45, 2.75) is 33.7 Å². The van der Waals surface area contributed by atoms with Crippen LogP contribution in [0.5, 0.6) is 0 Å². The average Bonchev–Trinajstić information content (AvgIpc) is 1.82. The Kier molecular flexibility index (Phi) is 4.40. The summed E-state index contributed by atoms with van der Waals surface area (Å²) in [5.41, 5.74) is -0.291. The molecule has 0 bridgehead atoms. The molecule has 3 heteroatoms. The van der Waals surface area contributed by atoms with Crippen LogP contribution in [0.1, 0.15) is 27.7 Å². The minimum absolute atomic E-state index is 0.113. The molecule has 13 heavy (non-hydrogen) atoms. The molecule has 1 atom stereocenters. The first-order valence-corrected chi connectivity index (χ1v) is 4.69. The summed E-state index contributed by atoms with van der Waals surface area (Å²) in [6.45, 7) is 8.66. The number of hydrogen-bond donors (Lipinski definition) is 1. The summed E-state index contributed by atoms with van der Waals surface area (Å²) in [4.78, 5) is 13.6. The number of rotatable bonds is 3. The van der Waals surface area contributed by atoms with Crippen LogP contribution in [0, 0.1) is 5.41 Å². The van der Waals surface area contributed by atoms with Crippen LogP contribution in [0.4, 0.5) is 0 Å². The zero-order valence-electron chi connectivity index (χ0n) is 9.64. The van der Waals surface area contributed by atoms with E-state index in [9.17, 15) is 4.79 Å². The molecule has 0 aromatic heterocycles. The molecule has 0 saturated carbocycles. The Bertz CT molecular complexity index is 170. The molecule has 3 nitrogen and oxygen atoms in total. The molecule has 0 aliphatic heterocycles. The molecular weight excluding hydrogens is 164 g/mol. The molecule has 0 aromatic rings. The maximum Gasteiger partial charge on any atom is 0.225 e. The van der Waals surface area contributed by atoms with E-state index in [0.717, 1.165) is 6.54 Å². The SMILES string of the molecule is CC(CN(C)C)NC(=O)C(C)(C)C.